The van der Waals surface area contributed by atoms with Crippen LogP contribution in [0.15, 0.2) is 29.1 Å². The lowest BCUT2D eigenvalue weighted by Gasteiger charge is -2.32. The fourth-order valence-corrected chi connectivity index (χ4v) is 3.06. The van der Waals surface area contributed by atoms with Gasteiger partial charge in [-0.3, -0.25) is 14.2 Å². The first-order valence-electron chi connectivity index (χ1n) is 7.95. The minimum absolute atomic E-state index is 0.161. The van der Waals surface area contributed by atoms with E-state index in [9.17, 15) is 9.59 Å². The van der Waals surface area contributed by atoms with Crippen LogP contribution in [0.1, 0.15) is 25.2 Å². The van der Waals surface area contributed by atoms with E-state index in [-0.39, 0.29) is 5.56 Å². The molecule has 2 aromatic rings. The lowest BCUT2D eigenvalue weighted by molar-refractivity contribution is -0.132. The van der Waals surface area contributed by atoms with E-state index < -0.39 is 16.8 Å². The monoisotopic (exact) mass is 385 g/mol. The minimum Gasteiger partial charge on any atom is -0.383 e. The molecule has 1 amide bonds. The average molecular weight is 386 g/mol. The molecule has 0 bridgehead atoms. The smallest absolute Gasteiger partial charge is 0.261 e. The fourth-order valence-electron chi connectivity index (χ4n) is 2.81. The Morgan fingerprint density at radius 2 is 2.04 bits per heavy atom. The molecule has 1 aromatic carbocycles. The second-order valence-electron chi connectivity index (χ2n) is 5.60. The Labute approximate surface area is 156 Å². The van der Waals surface area contributed by atoms with Gasteiger partial charge in [-0.2, -0.15) is 0 Å². The summed E-state index contributed by atoms with van der Waals surface area (Å²) in [6, 6.07) is 6.69. The van der Waals surface area contributed by atoms with Gasteiger partial charge in [-0.05, 0) is 18.6 Å². The van der Waals surface area contributed by atoms with Gasteiger partial charge < -0.3 is 9.64 Å². The molecule has 0 aliphatic heterocycles. The van der Waals surface area contributed by atoms with Crippen LogP contribution in [0.25, 0.3) is 10.9 Å². The number of rotatable bonds is 7. The van der Waals surface area contributed by atoms with E-state index in [1.165, 1.54) is 9.47 Å². The Bertz CT molecular complexity index is 807. The zero-order valence-electron chi connectivity index (χ0n) is 14.4. The third kappa shape index (κ3) is 4.14. The number of carbonyl (C=O) groups excluding carboxylic acids is 1. The number of benzene rings is 1. The van der Waals surface area contributed by atoms with Crippen LogP contribution >= 0.6 is 23.2 Å². The highest BCUT2D eigenvalue weighted by Gasteiger charge is 2.30. The molecule has 0 fully saturated rings. The quantitative estimate of drug-likeness (QED) is 0.687. The lowest BCUT2D eigenvalue weighted by atomic mass is 10.1. The highest BCUT2D eigenvalue weighted by atomic mass is 35.5. The first-order chi connectivity index (χ1) is 11.9. The molecular weight excluding hydrogens is 365 g/mol. The highest BCUT2D eigenvalue weighted by molar-refractivity contribution is 6.53. The molecule has 0 saturated heterocycles. The first-order valence-corrected chi connectivity index (χ1v) is 8.82. The van der Waals surface area contributed by atoms with Crippen molar-refractivity contribution in [1.82, 2.24) is 14.5 Å². The molecule has 0 aliphatic carbocycles. The summed E-state index contributed by atoms with van der Waals surface area (Å²) in [5.74, 6) is 0.0549. The number of ether oxygens (including phenoxy) is 1. The van der Waals surface area contributed by atoms with Crippen molar-refractivity contribution in [2.75, 3.05) is 20.3 Å². The minimum atomic E-state index is -1.19. The number of carbonyl (C=O) groups is 1. The van der Waals surface area contributed by atoms with Crippen molar-refractivity contribution in [2.24, 2.45) is 7.05 Å². The Balaban J connectivity index is 2.57. The zero-order chi connectivity index (χ0) is 18.6. The molecule has 0 aliphatic rings. The van der Waals surface area contributed by atoms with Crippen molar-refractivity contribution in [3.05, 3.63) is 40.4 Å². The summed E-state index contributed by atoms with van der Waals surface area (Å²) in [6.07, 6.45) is 0.550. The molecule has 1 atom stereocenters. The van der Waals surface area contributed by atoms with Crippen LogP contribution in [0.3, 0.4) is 0 Å². The molecule has 0 saturated carbocycles. The number of hydrogen-bond donors (Lipinski definition) is 0. The third-order valence-electron chi connectivity index (χ3n) is 4.08. The lowest BCUT2D eigenvalue weighted by Crippen LogP contribution is -2.42. The summed E-state index contributed by atoms with van der Waals surface area (Å²) >= 11 is 11.6. The number of hydrogen-bond acceptors (Lipinski definition) is 4. The van der Waals surface area contributed by atoms with E-state index in [4.69, 9.17) is 27.9 Å². The molecule has 0 radical (unpaired) electrons. The van der Waals surface area contributed by atoms with Gasteiger partial charge in [-0.15, -0.1) is 0 Å². The molecular formula is C17H21Cl2N3O3. The van der Waals surface area contributed by atoms with Crippen LogP contribution in [0.5, 0.6) is 0 Å². The van der Waals surface area contributed by atoms with Crippen LogP contribution in [0.4, 0.5) is 0 Å². The predicted molar refractivity (Wildman–Crippen MR) is 99.1 cm³/mol. The molecule has 2 rings (SSSR count). The number of nitrogens with zero attached hydrogens (tertiary/aromatic N) is 3. The van der Waals surface area contributed by atoms with Gasteiger partial charge in [-0.1, -0.05) is 42.3 Å². The molecule has 136 valence electrons. The molecule has 1 aromatic heterocycles. The third-order valence-corrected chi connectivity index (χ3v) is 4.46. The van der Waals surface area contributed by atoms with Crippen LogP contribution in [0, 0.1) is 0 Å². The summed E-state index contributed by atoms with van der Waals surface area (Å²) in [5.41, 5.74) is 0.429. The molecule has 0 spiro atoms. The van der Waals surface area contributed by atoms with E-state index in [1.54, 1.807) is 32.4 Å². The van der Waals surface area contributed by atoms with Crippen LogP contribution in [-0.4, -0.2) is 45.5 Å². The summed E-state index contributed by atoms with van der Waals surface area (Å²) in [4.78, 5) is 30.1. The predicted octanol–water partition coefficient (Wildman–Crippen LogP) is 2.66. The highest BCUT2D eigenvalue weighted by Crippen LogP contribution is 2.25. The molecule has 6 nitrogen and oxygen atoms in total. The number of amides is 1. The SMILES string of the molecule is CCC(c1nc2ccccc2c(=O)n1C)N(CCOC)C(=O)C(Cl)Cl. The first kappa shape index (κ1) is 19.7. The van der Waals surface area contributed by atoms with Gasteiger partial charge >= 0.3 is 0 Å². The maximum Gasteiger partial charge on any atom is 0.261 e. The largest absolute Gasteiger partial charge is 0.383 e. The Morgan fingerprint density at radius 3 is 2.64 bits per heavy atom. The maximum atomic E-state index is 12.7. The van der Waals surface area contributed by atoms with Crippen molar-refractivity contribution >= 4 is 40.0 Å². The van der Waals surface area contributed by atoms with E-state index in [0.717, 1.165) is 0 Å². The van der Waals surface area contributed by atoms with Crippen molar-refractivity contribution < 1.29 is 9.53 Å². The second kappa shape index (κ2) is 8.65. The molecule has 25 heavy (non-hydrogen) atoms. The standard InChI is InChI=1S/C17H21Cl2N3O3/c1-4-13(22(9-10-25-3)17(24)14(18)19)15-20-12-8-6-5-7-11(12)16(23)21(15)2/h5-8,13-14H,4,9-10H2,1-3H3. The summed E-state index contributed by atoms with van der Waals surface area (Å²) in [5, 5.41) is 0.533. The topological polar surface area (TPSA) is 64.4 Å². The zero-order valence-corrected chi connectivity index (χ0v) is 15.9. The van der Waals surface area contributed by atoms with Gasteiger partial charge in [0.05, 0.1) is 23.6 Å². The van der Waals surface area contributed by atoms with Crippen molar-refractivity contribution in [3.8, 4) is 0 Å². The van der Waals surface area contributed by atoms with Crippen LogP contribution < -0.4 is 5.56 Å². The van der Waals surface area contributed by atoms with Gasteiger partial charge in [0, 0.05) is 20.7 Å². The van der Waals surface area contributed by atoms with E-state index >= 15 is 0 Å². The Kier molecular flexibility index (Phi) is 6.81. The number of methoxy groups -OCH3 is 1. The summed E-state index contributed by atoms with van der Waals surface area (Å²) < 4.78 is 6.56. The van der Waals surface area contributed by atoms with Gasteiger partial charge in [0.15, 0.2) is 4.84 Å². The molecule has 0 N–H and O–H groups in total. The maximum absolute atomic E-state index is 12.7. The second-order valence-corrected chi connectivity index (χ2v) is 6.70. The van der Waals surface area contributed by atoms with Crippen LogP contribution in [0.2, 0.25) is 0 Å². The van der Waals surface area contributed by atoms with Gasteiger partial charge in [0.25, 0.3) is 11.5 Å². The fraction of sp³-hybridized carbons (Fsp3) is 0.471. The van der Waals surface area contributed by atoms with E-state index in [1.807, 2.05) is 13.0 Å². The van der Waals surface area contributed by atoms with Crippen LogP contribution in [-0.2, 0) is 16.6 Å². The summed E-state index contributed by atoms with van der Waals surface area (Å²) in [6.45, 7) is 2.54. The van der Waals surface area contributed by atoms with E-state index in [2.05, 4.69) is 4.98 Å². The molecule has 1 heterocycles. The number of halogens is 2. The molecule has 1 unspecified atom stereocenters. The van der Waals surface area contributed by atoms with Gasteiger partial charge in [0.1, 0.15) is 5.82 Å². The van der Waals surface area contributed by atoms with Gasteiger partial charge in [0.2, 0.25) is 0 Å². The number of aromatic nitrogens is 2. The average Bonchev–Trinajstić information content (AvgIpc) is 2.61. The number of fused-ring (bicyclic) bond motifs is 1. The van der Waals surface area contributed by atoms with Crippen molar-refractivity contribution in [2.45, 2.75) is 24.2 Å². The van der Waals surface area contributed by atoms with Crippen molar-refractivity contribution in [1.29, 1.82) is 0 Å². The summed E-state index contributed by atoms with van der Waals surface area (Å²) in [7, 11) is 3.20. The van der Waals surface area contributed by atoms with E-state index in [0.29, 0.717) is 36.3 Å². The Morgan fingerprint density at radius 1 is 1.36 bits per heavy atom. The van der Waals surface area contributed by atoms with Gasteiger partial charge in [-0.25, -0.2) is 4.98 Å². The van der Waals surface area contributed by atoms with Crippen molar-refractivity contribution in [3.63, 3.8) is 0 Å². The normalized spacial score (nSPS) is 12.6. The molecule has 8 heteroatoms. The number of para-hydroxylation sites is 1. The Hall–Kier alpha value is -1.63. The number of alkyl halides is 2.